The van der Waals surface area contributed by atoms with Crippen molar-refractivity contribution in [3.63, 3.8) is 0 Å². The Kier molecular flexibility index (Phi) is 5.17. The summed E-state index contributed by atoms with van der Waals surface area (Å²) < 4.78 is 10.2. The minimum absolute atomic E-state index is 0.175. The Morgan fingerprint density at radius 3 is 2.71 bits per heavy atom. The number of rotatable bonds is 4. The molecule has 2 unspecified atom stereocenters. The zero-order valence-electron chi connectivity index (χ0n) is 18.1. The maximum atomic E-state index is 13.3. The monoisotopic (exact) mass is 476 g/mol. The first-order valence-electron chi connectivity index (χ1n) is 11.0. The molecule has 0 aliphatic carbocycles. The van der Waals surface area contributed by atoms with Crippen LogP contribution in [0.4, 0.5) is 0 Å². The number of benzene rings is 2. The lowest BCUT2D eigenvalue weighted by Gasteiger charge is -2.27. The molecule has 1 N–H and O–H groups in total. The first-order chi connectivity index (χ1) is 16.6. The van der Waals surface area contributed by atoms with E-state index in [0.717, 1.165) is 16.6 Å². The van der Waals surface area contributed by atoms with Gasteiger partial charge >= 0.3 is 0 Å². The van der Waals surface area contributed by atoms with Gasteiger partial charge in [-0.15, -0.1) is 0 Å². The molecular formula is C24H21ClN6O3. The van der Waals surface area contributed by atoms with Gasteiger partial charge < -0.3 is 9.84 Å². The molecule has 10 heteroatoms. The molecule has 34 heavy (non-hydrogen) atoms. The number of aromatic nitrogens is 6. The number of hydrogen-bond acceptors (Lipinski definition) is 6. The summed E-state index contributed by atoms with van der Waals surface area (Å²) in [5, 5.41) is 25.2. The highest BCUT2D eigenvalue weighted by Gasteiger charge is 2.32. The first kappa shape index (κ1) is 21.0. The summed E-state index contributed by atoms with van der Waals surface area (Å²) in [6.07, 6.45) is 3.32. The van der Waals surface area contributed by atoms with Gasteiger partial charge in [-0.3, -0.25) is 9.48 Å². The molecule has 0 saturated carbocycles. The molecule has 0 bridgehead atoms. The Balaban J connectivity index is 1.46. The molecule has 2 atom stereocenters. The smallest absolute Gasteiger partial charge is 0.297 e. The van der Waals surface area contributed by atoms with E-state index in [9.17, 15) is 9.90 Å². The molecule has 3 aliphatic heterocycles. The highest BCUT2D eigenvalue weighted by atomic mass is 35.5. The van der Waals surface area contributed by atoms with Crippen LogP contribution < -0.4 is 5.56 Å². The Hall–Kier alpha value is -3.53. The third-order valence-electron chi connectivity index (χ3n) is 6.21. The summed E-state index contributed by atoms with van der Waals surface area (Å²) in [4.78, 5) is 13.3. The molecular weight excluding hydrogens is 456 g/mol. The van der Waals surface area contributed by atoms with E-state index >= 15 is 0 Å². The fourth-order valence-electron chi connectivity index (χ4n) is 4.51. The van der Waals surface area contributed by atoms with Crippen LogP contribution in [0.25, 0.3) is 28.0 Å². The molecule has 1 fully saturated rings. The van der Waals surface area contributed by atoms with Gasteiger partial charge in [0.15, 0.2) is 5.69 Å². The molecule has 4 heterocycles. The number of fused-ring (bicyclic) bond motifs is 3. The third kappa shape index (κ3) is 3.49. The van der Waals surface area contributed by atoms with E-state index < -0.39 is 12.1 Å². The summed E-state index contributed by atoms with van der Waals surface area (Å²) in [6, 6.07) is 14.9. The largest absolute Gasteiger partial charge is 0.388 e. The summed E-state index contributed by atoms with van der Waals surface area (Å²) in [5.41, 5.74) is 3.04. The minimum Gasteiger partial charge on any atom is -0.388 e. The van der Waals surface area contributed by atoms with Crippen molar-refractivity contribution >= 4 is 22.5 Å². The van der Waals surface area contributed by atoms with Crippen LogP contribution in [-0.2, 0) is 11.3 Å². The van der Waals surface area contributed by atoms with Gasteiger partial charge in [-0.2, -0.15) is 15.3 Å². The Morgan fingerprint density at radius 2 is 1.94 bits per heavy atom. The van der Waals surface area contributed by atoms with Crippen molar-refractivity contribution in [2.24, 2.45) is 0 Å². The lowest BCUT2D eigenvalue weighted by Crippen LogP contribution is -2.38. The fraction of sp³-hybridized carbons (Fsp3) is 0.250. The van der Waals surface area contributed by atoms with E-state index in [0.29, 0.717) is 35.8 Å². The van der Waals surface area contributed by atoms with Crippen LogP contribution in [0.15, 0.2) is 65.7 Å². The number of hydrogen-bond donors (Lipinski definition) is 1. The van der Waals surface area contributed by atoms with Gasteiger partial charge in [-0.05, 0) is 36.2 Å². The van der Waals surface area contributed by atoms with Crippen LogP contribution in [-0.4, -0.2) is 53.8 Å². The molecule has 2 aromatic carbocycles. The summed E-state index contributed by atoms with van der Waals surface area (Å²) in [7, 11) is 0. The highest BCUT2D eigenvalue weighted by molar-refractivity contribution is 6.35. The SMILES string of the molecule is O=c1c2nn(Cc3ccc(-n4cccn4)cc3)c3c(Cl)cccc3c-2nn1C1CCOCC1O. The van der Waals surface area contributed by atoms with Crippen molar-refractivity contribution in [2.45, 2.75) is 25.1 Å². The average Bonchev–Trinajstić information content (AvgIpc) is 3.49. The lowest BCUT2D eigenvalue weighted by atomic mass is 10.1. The predicted molar refractivity (Wildman–Crippen MR) is 127 cm³/mol. The van der Waals surface area contributed by atoms with Crippen molar-refractivity contribution in [3.05, 3.63) is 81.9 Å². The Labute approximate surface area is 199 Å². The van der Waals surface area contributed by atoms with Gasteiger partial charge in [-0.25, -0.2) is 9.36 Å². The molecule has 1 aromatic heterocycles. The van der Waals surface area contributed by atoms with Gasteiger partial charge in [-0.1, -0.05) is 35.9 Å². The minimum atomic E-state index is -0.800. The molecule has 1 saturated heterocycles. The highest BCUT2D eigenvalue weighted by Crippen LogP contribution is 2.32. The zero-order chi connectivity index (χ0) is 23.2. The van der Waals surface area contributed by atoms with E-state index in [1.54, 1.807) is 21.6 Å². The standard InChI is InChI=1S/C24H21ClN6O3/c25-18-4-1-3-17-21-22(24(33)31(28-21)19-9-12-34-14-20(19)32)27-30(23(17)18)13-15-5-7-16(8-6-15)29-11-2-10-26-29/h1-8,10-11,19-20,32H,9,12-14H2. The topological polar surface area (TPSA) is 100.0 Å². The van der Waals surface area contributed by atoms with Crippen molar-refractivity contribution in [2.75, 3.05) is 13.2 Å². The van der Waals surface area contributed by atoms with Crippen LogP contribution in [0.1, 0.15) is 18.0 Å². The van der Waals surface area contributed by atoms with E-state index in [1.165, 1.54) is 4.68 Å². The van der Waals surface area contributed by atoms with E-state index in [1.807, 2.05) is 48.7 Å². The fourth-order valence-corrected chi connectivity index (χ4v) is 4.78. The van der Waals surface area contributed by atoms with Gasteiger partial charge in [0.25, 0.3) is 5.56 Å². The van der Waals surface area contributed by atoms with Crippen molar-refractivity contribution in [3.8, 4) is 17.1 Å². The number of para-hydroxylation sites is 1. The first-order valence-corrected chi connectivity index (χ1v) is 11.4. The van der Waals surface area contributed by atoms with Gasteiger partial charge in [0.05, 0.1) is 41.5 Å². The normalized spacial score (nSPS) is 18.6. The van der Waals surface area contributed by atoms with Gasteiger partial charge in [0.1, 0.15) is 5.69 Å². The summed E-state index contributed by atoms with van der Waals surface area (Å²) >= 11 is 6.60. The molecule has 0 radical (unpaired) electrons. The molecule has 3 aliphatic rings. The van der Waals surface area contributed by atoms with E-state index in [2.05, 4.69) is 15.3 Å². The van der Waals surface area contributed by atoms with Crippen molar-refractivity contribution in [1.29, 1.82) is 0 Å². The van der Waals surface area contributed by atoms with Crippen LogP contribution in [0, 0.1) is 0 Å². The maximum absolute atomic E-state index is 13.3. The zero-order valence-corrected chi connectivity index (χ0v) is 18.8. The van der Waals surface area contributed by atoms with Crippen molar-refractivity contribution in [1.82, 2.24) is 29.3 Å². The number of halogens is 1. The van der Waals surface area contributed by atoms with E-state index in [4.69, 9.17) is 16.3 Å². The predicted octanol–water partition coefficient (Wildman–Crippen LogP) is 2.91. The number of nitrogens with zero attached hydrogens (tertiary/aromatic N) is 6. The van der Waals surface area contributed by atoms with Gasteiger partial charge in [0, 0.05) is 24.4 Å². The van der Waals surface area contributed by atoms with Crippen LogP contribution in [0.2, 0.25) is 5.02 Å². The van der Waals surface area contributed by atoms with Crippen LogP contribution in [0.3, 0.4) is 0 Å². The molecule has 0 spiro atoms. The third-order valence-corrected chi connectivity index (χ3v) is 6.51. The molecule has 9 nitrogen and oxygen atoms in total. The van der Waals surface area contributed by atoms with Gasteiger partial charge in [0.2, 0.25) is 0 Å². The lowest BCUT2D eigenvalue weighted by molar-refractivity contribution is -0.0423. The maximum Gasteiger partial charge on any atom is 0.297 e. The second kappa shape index (κ2) is 8.35. The van der Waals surface area contributed by atoms with E-state index in [-0.39, 0.29) is 17.9 Å². The summed E-state index contributed by atoms with van der Waals surface area (Å²) in [5.74, 6) is 0. The Bertz CT molecular complexity index is 1490. The summed E-state index contributed by atoms with van der Waals surface area (Å²) in [6.45, 7) is 1.06. The second-order valence-electron chi connectivity index (χ2n) is 8.36. The number of ether oxygens (including phenoxy) is 1. The molecule has 172 valence electrons. The average molecular weight is 477 g/mol. The van der Waals surface area contributed by atoms with Crippen molar-refractivity contribution < 1.29 is 9.84 Å². The quantitative estimate of drug-likeness (QED) is 0.428. The molecule has 6 rings (SSSR count). The molecule has 0 amide bonds. The Morgan fingerprint density at radius 1 is 1.09 bits per heavy atom. The second-order valence-corrected chi connectivity index (χ2v) is 8.76. The number of aliphatic hydroxyl groups is 1. The van der Waals surface area contributed by atoms with Crippen LogP contribution in [0.5, 0.6) is 0 Å². The number of aliphatic hydroxyl groups excluding tert-OH is 1. The van der Waals surface area contributed by atoms with Crippen LogP contribution >= 0.6 is 11.6 Å². The molecule has 3 aromatic rings.